The van der Waals surface area contributed by atoms with Gasteiger partial charge < -0.3 is 15.0 Å². The van der Waals surface area contributed by atoms with Crippen LogP contribution in [-0.4, -0.2) is 40.8 Å². The number of ether oxygens (including phenoxy) is 1. The topological polar surface area (TPSA) is 102 Å². The summed E-state index contributed by atoms with van der Waals surface area (Å²) in [6.45, 7) is 5.52. The minimum atomic E-state index is -0.746. The Labute approximate surface area is 176 Å². The number of benzene rings is 2. The van der Waals surface area contributed by atoms with Gasteiger partial charge in [-0.05, 0) is 38.5 Å². The predicted octanol–water partition coefficient (Wildman–Crippen LogP) is 3.09. The van der Waals surface area contributed by atoms with Gasteiger partial charge in [0.2, 0.25) is 11.8 Å². The summed E-state index contributed by atoms with van der Waals surface area (Å²) in [5, 5.41) is 14.1. The number of methoxy groups -OCH3 is 1. The molecule has 2 aromatic carbocycles. The second kappa shape index (κ2) is 10.4. The number of hydrogen-bond acceptors (Lipinski definition) is 5. The summed E-state index contributed by atoms with van der Waals surface area (Å²) in [6, 6.07) is 12.5. The molecule has 2 rings (SSSR count). The lowest BCUT2D eigenvalue weighted by Gasteiger charge is -2.29. The maximum atomic E-state index is 13.1. The summed E-state index contributed by atoms with van der Waals surface area (Å²) in [4.78, 5) is 38.0. The van der Waals surface area contributed by atoms with Crippen LogP contribution in [0.2, 0.25) is 0 Å². The van der Waals surface area contributed by atoms with Crippen LogP contribution >= 0.6 is 0 Å². The Morgan fingerprint density at radius 1 is 1.10 bits per heavy atom. The number of rotatable bonds is 9. The highest BCUT2D eigenvalue weighted by atomic mass is 16.6. The molecule has 0 aliphatic heterocycles. The van der Waals surface area contributed by atoms with E-state index in [0.717, 1.165) is 5.56 Å². The molecule has 8 heteroatoms. The molecule has 0 fully saturated rings. The van der Waals surface area contributed by atoms with Gasteiger partial charge in [0, 0.05) is 24.2 Å². The van der Waals surface area contributed by atoms with Crippen molar-refractivity contribution in [2.24, 2.45) is 0 Å². The highest BCUT2D eigenvalue weighted by Crippen LogP contribution is 2.21. The van der Waals surface area contributed by atoms with E-state index in [1.165, 1.54) is 11.0 Å². The lowest BCUT2D eigenvalue weighted by atomic mass is 10.1. The Morgan fingerprint density at radius 3 is 2.30 bits per heavy atom. The molecule has 0 spiro atoms. The van der Waals surface area contributed by atoms with Gasteiger partial charge in [-0.25, -0.2) is 0 Å². The van der Waals surface area contributed by atoms with Gasteiger partial charge in [0.05, 0.1) is 18.5 Å². The number of nitrogens with one attached hydrogen (secondary N) is 1. The van der Waals surface area contributed by atoms with E-state index in [1.807, 2.05) is 26.0 Å². The maximum absolute atomic E-state index is 13.1. The highest BCUT2D eigenvalue weighted by Gasteiger charge is 2.28. The van der Waals surface area contributed by atoms with Gasteiger partial charge in [0.1, 0.15) is 11.8 Å². The monoisotopic (exact) mass is 413 g/mol. The van der Waals surface area contributed by atoms with E-state index < -0.39 is 11.0 Å². The molecule has 0 aliphatic rings. The van der Waals surface area contributed by atoms with Gasteiger partial charge in [0.25, 0.3) is 5.69 Å². The molecule has 0 saturated heterocycles. The number of carbonyl (C=O) groups is 2. The van der Waals surface area contributed by atoms with Crippen LogP contribution in [0.15, 0.2) is 48.5 Å². The zero-order chi connectivity index (χ0) is 22.3. The minimum absolute atomic E-state index is 0.0758. The van der Waals surface area contributed by atoms with Crippen molar-refractivity contribution in [3.05, 3.63) is 69.8 Å². The lowest BCUT2D eigenvalue weighted by molar-refractivity contribution is -0.385. The van der Waals surface area contributed by atoms with E-state index in [9.17, 15) is 19.7 Å². The molecule has 0 heterocycles. The highest BCUT2D eigenvalue weighted by molar-refractivity contribution is 5.88. The second-order valence-corrected chi connectivity index (χ2v) is 7.27. The van der Waals surface area contributed by atoms with Gasteiger partial charge in [-0.2, -0.15) is 0 Å². The van der Waals surface area contributed by atoms with E-state index in [2.05, 4.69) is 5.32 Å². The molecule has 1 atom stereocenters. The Balaban J connectivity index is 2.30. The summed E-state index contributed by atoms with van der Waals surface area (Å²) in [6.07, 6.45) is -0.174. The van der Waals surface area contributed by atoms with Crippen molar-refractivity contribution < 1.29 is 19.2 Å². The normalized spacial score (nSPS) is 11.6. The van der Waals surface area contributed by atoms with Gasteiger partial charge >= 0.3 is 0 Å². The van der Waals surface area contributed by atoms with Crippen molar-refractivity contribution >= 4 is 17.5 Å². The van der Waals surface area contributed by atoms with Gasteiger partial charge in [-0.1, -0.05) is 30.3 Å². The Hall–Kier alpha value is -3.42. The number of hydrogen-bond donors (Lipinski definition) is 1. The molecule has 30 heavy (non-hydrogen) atoms. The minimum Gasteiger partial charge on any atom is -0.497 e. The van der Waals surface area contributed by atoms with Crippen molar-refractivity contribution in [2.75, 3.05) is 7.11 Å². The third kappa shape index (κ3) is 6.04. The van der Waals surface area contributed by atoms with Crippen LogP contribution in [0, 0.1) is 10.1 Å². The zero-order valence-corrected chi connectivity index (χ0v) is 17.6. The first kappa shape index (κ1) is 22.9. The van der Waals surface area contributed by atoms with Crippen LogP contribution < -0.4 is 10.1 Å². The third-order valence-corrected chi connectivity index (χ3v) is 4.64. The van der Waals surface area contributed by atoms with Crippen LogP contribution in [-0.2, 0) is 22.6 Å². The number of amides is 2. The van der Waals surface area contributed by atoms with E-state index in [1.54, 1.807) is 44.4 Å². The Morgan fingerprint density at radius 2 is 1.73 bits per heavy atom. The second-order valence-electron chi connectivity index (χ2n) is 7.27. The van der Waals surface area contributed by atoms with Crippen LogP contribution in [0.5, 0.6) is 5.75 Å². The molecule has 0 bridgehead atoms. The number of nitro benzene ring substituents is 1. The van der Waals surface area contributed by atoms with Crippen LogP contribution in [0.25, 0.3) is 0 Å². The van der Waals surface area contributed by atoms with Gasteiger partial charge in [-0.3, -0.25) is 19.7 Å². The van der Waals surface area contributed by atoms with Crippen molar-refractivity contribution in [2.45, 2.75) is 45.8 Å². The molecule has 0 saturated carbocycles. The van der Waals surface area contributed by atoms with Gasteiger partial charge in [-0.15, -0.1) is 0 Å². The van der Waals surface area contributed by atoms with Crippen molar-refractivity contribution in [3.8, 4) is 5.75 Å². The molecule has 8 nitrogen and oxygen atoms in total. The smallest absolute Gasteiger partial charge is 0.273 e. The quantitative estimate of drug-likeness (QED) is 0.503. The van der Waals surface area contributed by atoms with E-state index in [-0.39, 0.29) is 36.5 Å². The number of nitrogens with zero attached hydrogens (tertiary/aromatic N) is 2. The van der Waals surface area contributed by atoms with E-state index in [4.69, 9.17) is 4.74 Å². The molecule has 2 aromatic rings. The fraction of sp³-hybridized carbons (Fsp3) is 0.364. The van der Waals surface area contributed by atoms with E-state index >= 15 is 0 Å². The summed E-state index contributed by atoms with van der Waals surface area (Å²) in [5.41, 5.74) is 1.01. The largest absolute Gasteiger partial charge is 0.497 e. The molecule has 0 aliphatic carbocycles. The summed E-state index contributed by atoms with van der Waals surface area (Å²) < 4.78 is 5.16. The number of nitro groups is 1. The van der Waals surface area contributed by atoms with Crippen LogP contribution in [0.3, 0.4) is 0 Å². The molecular formula is C22H27N3O5. The zero-order valence-electron chi connectivity index (χ0n) is 17.6. The maximum Gasteiger partial charge on any atom is 0.273 e. The predicted molar refractivity (Wildman–Crippen MR) is 113 cm³/mol. The Kier molecular flexibility index (Phi) is 7.91. The molecule has 2 amide bonds. The molecule has 1 N–H and O–H groups in total. The fourth-order valence-electron chi connectivity index (χ4n) is 3.02. The SMILES string of the molecule is COc1ccc(CN(C(=O)Cc2ccccc2[N+](=O)[O-])[C@H](C)C(=O)NC(C)C)cc1. The summed E-state index contributed by atoms with van der Waals surface area (Å²) >= 11 is 0. The standard InChI is InChI=1S/C22H27N3O5/c1-15(2)23-22(27)16(3)24(14-17-9-11-19(30-4)12-10-17)21(26)13-18-7-5-6-8-20(18)25(28)29/h5-12,15-16H,13-14H2,1-4H3,(H,23,27)/t16-/m1/s1. The first-order valence-corrected chi connectivity index (χ1v) is 9.68. The average Bonchev–Trinajstić information content (AvgIpc) is 2.71. The lowest BCUT2D eigenvalue weighted by Crippen LogP contribution is -2.49. The molecule has 0 aromatic heterocycles. The molecule has 0 radical (unpaired) electrons. The van der Waals surface area contributed by atoms with Gasteiger partial charge in [0.15, 0.2) is 0 Å². The molecular weight excluding hydrogens is 386 g/mol. The van der Waals surface area contributed by atoms with Crippen LogP contribution in [0.4, 0.5) is 5.69 Å². The Bertz CT molecular complexity index is 896. The van der Waals surface area contributed by atoms with Crippen LogP contribution in [0.1, 0.15) is 31.9 Å². The molecule has 0 unspecified atom stereocenters. The number of carbonyl (C=O) groups excluding carboxylic acids is 2. The number of para-hydroxylation sites is 1. The summed E-state index contributed by atoms with van der Waals surface area (Å²) in [5.74, 6) is 0.0306. The fourth-order valence-corrected chi connectivity index (χ4v) is 3.02. The average molecular weight is 413 g/mol. The third-order valence-electron chi connectivity index (χ3n) is 4.64. The van der Waals surface area contributed by atoms with Crippen molar-refractivity contribution in [3.63, 3.8) is 0 Å². The van der Waals surface area contributed by atoms with Crippen molar-refractivity contribution in [1.29, 1.82) is 0 Å². The van der Waals surface area contributed by atoms with Crippen molar-refractivity contribution in [1.82, 2.24) is 10.2 Å². The first-order valence-electron chi connectivity index (χ1n) is 9.68. The first-order chi connectivity index (χ1) is 14.2. The van der Waals surface area contributed by atoms with E-state index in [0.29, 0.717) is 11.3 Å². The summed E-state index contributed by atoms with van der Waals surface area (Å²) in [7, 11) is 1.57. The molecule has 160 valence electrons.